The molecule has 0 aliphatic heterocycles. The molecule has 0 bridgehead atoms. The summed E-state index contributed by atoms with van der Waals surface area (Å²) in [5, 5.41) is 5.87. The standard InChI is InChI=1S/C22H29N3O3S/c1-16-3-7-18(8-4-16)15-23-22(26)24-19-9-11-20(12-10-19)25-29(27,28)21-13-5-17(2)6-14-21/h3-8,13-14,19-20,25H,9-12,15H2,1-2H3,(H2,23,24,26). The molecule has 2 aromatic rings. The van der Waals surface area contributed by atoms with Gasteiger partial charge in [-0.3, -0.25) is 0 Å². The highest BCUT2D eigenvalue weighted by Crippen LogP contribution is 2.21. The molecule has 0 saturated heterocycles. The highest BCUT2D eigenvalue weighted by Gasteiger charge is 2.26. The van der Waals surface area contributed by atoms with Gasteiger partial charge in [-0.2, -0.15) is 0 Å². The van der Waals surface area contributed by atoms with E-state index in [-0.39, 0.29) is 18.1 Å². The van der Waals surface area contributed by atoms with Crippen molar-refractivity contribution in [2.45, 2.75) is 63.1 Å². The number of hydrogen-bond donors (Lipinski definition) is 3. The van der Waals surface area contributed by atoms with Crippen molar-refractivity contribution in [1.29, 1.82) is 0 Å². The van der Waals surface area contributed by atoms with Crippen LogP contribution in [0.25, 0.3) is 0 Å². The first-order valence-corrected chi connectivity index (χ1v) is 11.5. The highest BCUT2D eigenvalue weighted by atomic mass is 32.2. The SMILES string of the molecule is Cc1ccc(CNC(=O)NC2CCC(NS(=O)(=O)c3ccc(C)cc3)CC2)cc1. The minimum Gasteiger partial charge on any atom is -0.335 e. The third-order valence-corrected chi connectivity index (χ3v) is 6.83. The maximum absolute atomic E-state index is 12.5. The molecule has 6 nitrogen and oxygen atoms in total. The Hall–Kier alpha value is -2.38. The number of aryl methyl sites for hydroxylation is 2. The Morgan fingerprint density at radius 2 is 1.38 bits per heavy atom. The molecule has 2 aromatic carbocycles. The van der Waals surface area contributed by atoms with Crippen LogP contribution in [0, 0.1) is 13.8 Å². The number of rotatable bonds is 6. The fourth-order valence-electron chi connectivity index (χ4n) is 3.49. The van der Waals surface area contributed by atoms with Gasteiger partial charge in [-0.05, 0) is 57.2 Å². The largest absolute Gasteiger partial charge is 0.335 e. The van der Waals surface area contributed by atoms with E-state index in [0.717, 1.165) is 24.0 Å². The molecular weight excluding hydrogens is 386 g/mol. The van der Waals surface area contributed by atoms with Crippen molar-refractivity contribution >= 4 is 16.1 Å². The quantitative estimate of drug-likeness (QED) is 0.676. The number of benzene rings is 2. The summed E-state index contributed by atoms with van der Waals surface area (Å²) < 4.78 is 27.8. The first-order chi connectivity index (χ1) is 13.8. The lowest BCUT2D eigenvalue weighted by Crippen LogP contribution is -2.46. The van der Waals surface area contributed by atoms with E-state index in [1.165, 1.54) is 5.56 Å². The number of hydrogen-bond acceptors (Lipinski definition) is 3. The van der Waals surface area contributed by atoms with E-state index in [4.69, 9.17) is 0 Å². The summed E-state index contributed by atoms with van der Waals surface area (Å²) in [4.78, 5) is 12.4. The number of urea groups is 1. The summed E-state index contributed by atoms with van der Waals surface area (Å²) in [7, 11) is -3.51. The Bertz CT molecular complexity index is 917. The molecule has 1 aliphatic carbocycles. The minimum absolute atomic E-state index is 0.0631. The van der Waals surface area contributed by atoms with Crippen molar-refractivity contribution in [3.63, 3.8) is 0 Å². The average Bonchev–Trinajstić information content (AvgIpc) is 2.69. The van der Waals surface area contributed by atoms with Gasteiger partial charge in [0, 0.05) is 18.6 Å². The molecule has 156 valence electrons. The molecule has 0 atom stereocenters. The summed E-state index contributed by atoms with van der Waals surface area (Å²) in [6, 6.07) is 14.7. The molecule has 29 heavy (non-hydrogen) atoms. The molecular formula is C22H29N3O3S. The molecule has 0 aromatic heterocycles. The van der Waals surface area contributed by atoms with Crippen LogP contribution in [0.5, 0.6) is 0 Å². The van der Waals surface area contributed by atoms with Crippen LogP contribution in [-0.4, -0.2) is 26.5 Å². The summed E-state index contributed by atoms with van der Waals surface area (Å²) in [6.07, 6.45) is 2.90. The van der Waals surface area contributed by atoms with Gasteiger partial charge in [0.05, 0.1) is 4.90 Å². The zero-order chi connectivity index (χ0) is 20.9. The number of amides is 2. The fraction of sp³-hybridized carbons (Fsp3) is 0.409. The topological polar surface area (TPSA) is 87.3 Å². The van der Waals surface area contributed by atoms with Gasteiger partial charge in [0.15, 0.2) is 0 Å². The van der Waals surface area contributed by atoms with Crippen LogP contribution in [0.2, 0.25) is 0 Å². The van der Waals surface area contributed by atoms with E-state index in [1.807, 2.05) is 38.1 Å². The lowest BCUT2D eigenvalue weighted by Gasteiger charge is -2.29. The number of carbonyl (C=O) groups is 1. The first kappa shape index (κ1) is 21.3. The lowest BCUT2D eigenvalue weighted by molar-refractivity contribution is 0.230. The molecule has 0 spiro atoms. The van der Waals surface area contributed by atoms with Gasteiger partial charge in [0.1, 0.15) is 0 Å². The zero-order valence-corrected chi connectivity index (χ0v) is 17.8. The Morgan fingerprint density at radius 3 is 1.97 bits per heavy atom. The van der Waals surface area contributed by atoms with Gasteiger partial charge in [0.25, 0.3) is 0 Å². The Kier molecular flexibility index (Phi) is 6.92. The van der Waals surface area contributed by atoms with Crippen LogP contribution in [0.15, 0.2) is 53.4 Å². The molecule has 3 rings (SSSR count). The number of sulfonamides is 1. The predicted molar refractivity (Wildman–Crippen MR) is 114 cm³/mol. The molecule has 2 amide bonds. The molecule has 1 aliphatic rings. The van der Waals surface area contributed by atoms with E-state index < -0.39 is 10.0 Å². The third-order valence-electron chi connectivity index (χ3n) is 5.29. The van der Waals surface area contributed by atoms with Gasteiger partial charge < -0.3 is 10.6 Å². The summed E-state index contributed by atoms with van der Waals surface area (Å²) in [5.74, 6) is 0. The number of carbonyl (C=O) groups excluding carboxylic acids is 1. The van der Waals surface area contributed by atoms with Gasteiger partial charge >= 0.3 is 6.03 Å². The van der Waals surface area contributed by atoms with Crippen molar-refractivity contribution in [2.75, 3.05) is 0 Å². The Labute approximate surface area is 173 Å². The first-order valence-electron chi connectivity index (χ1n) is 10.0. The summed E-state index contributed by atoms with van der Waals surface area (Å²) in [5.41, 5.74) is 3.27. The third kappa shape index (κ3) is 6.30. The second-order valence-electron chi connectivity index (χ2n) is 7.80. The predicted octanol–water partition coefficient (Wildman–Crippen LogP) is 3.39. The number of nitrogens with one attached hydrogen (secondary N) is 3. The van der Waals surface area contributed by atoms with Gasteiger partial charge in [-0.1, -0.05) is 47.5 Å². The van der Waals surface area contributed by atoms with E-state index in [1.54, 1.807) is 24.3 Å². The van der Waals surface area contributed by atoms with Crippen LogP contribution in [0.3, 0.4) is 0 Å². The molecule has 1 saturated carbocycles. The highest BCUT2D eigenvalue weighted by molar-refractivity contribution is 7.89. The fourth-order valence-corrected chi connectivity index (χ4v) is 4.79. The monoisotopic (exact) mass is 415 g/mol. The lowest BCUT2D eigenvalue weighted by atomic mass is 9.92. The molecule has 0 radical (unpaired) electrons. The van der Waals surface area contributed by atoms with E-state index in [0.29, 0.717) is 24.3 Å². The average molecular weight is 416 g/mol. The molecule has 3 N–H and O–H groups in total. The van der Waals surface area contributed by atoms with Crippen LogP contribution < -0.4 is 15.4 Å². The van der Waals surface area contributed by atoms with Crippen molar-refractivity contribution < 1.29 is 13.2 Å². The van der Waals surface area contributed by atoms with E-state index >= 15 is 0 Å². The van der Waals surface area contributed by atoms with Crippen LogP contribution >= 0.6 is 0 Å². The van der Waals surface area contributed by atoms with Crippen molar-refractivity contribution in [2.24, 2.45) is 0 Å². The van der Waals surface area contributed by atoms with Crippen molar-refractivity contribution in [3.05, 3.63) is 65.2 Å². The molecule has 1 fully saturated rings. The summed E-state index contributed by atoms with van der Waals surface area (Å²) >= 11 is 0. The van der Waals surface area contributed by atoms with Gasteiger partial charge in [-0.15, -0.1) is 0 Å². The second kappa shape index (κ2) is 9.41. The van der Waals surface area contributed by atoms with Crippen molar-refractivity contribution in [1.82, 2.24) is 15.4 Å². The van der Waals surface area contributed by atoms with Crippen LogP contribution in [0.1, 0.15) is 42.4 Å². The van der Waals surface area contributed by atoms with Gasteiger partial charge in [0.2, 0.25) is 10.0 Å². The minimum atomic E-state index is -3.51. The van der Waals surface area contributed by atoms with Crippen LogP contribution in [0.4, 0.5) is 4.79 Å². The molecule has 7 heteroatoms. The maximum Gasteiger partial charge on any atom is 0.315 e. The van der Waals surface area contributed by atoms with Gasteiger partial charge in [-0.25, -0.2) is 17.9 Å². The van der Waals surface area contributed by atoms with E-state index in [2.05, 4.69) is 15.4 Å². The second-order valence-corrected chi connectivity index (χ2v) is 9.51. The Morgan fingerprint density at radius 1 is 0.862 bits per heavy atom. The van der Waals surface area contributed by atoms with Crippen molar-refractivity contribution in [3.8, 4) is 0 Å². The maximum atomic E-state index is 12.5. The normalized spacial score (nSPS) is 19.5. The zero-order valence-electron chi connectivity index (χ0n) is 16.9. The van der Waals surface area contributed by atoms with Crippen LogP contribution in [-0.2, 0) is 16.6 Å². The molecule has 0 unspecified atom stereocenters. The molecule has 0 heterocycles. The smallest absolute Gasteiger partial charge is 0.315 e. The Balaban J connectivity index is 1.42. The summed E-state index contributed by atoms with van der Waals surface area (Å²) in [6.45, 7) is 4.44. The van der Waals surface area contributed by atoms with E-state index in [9.17, 15) is 13.2 Å².